The normalized spacial score (nSPS) is 12.1. The highest BCUT2D eigenvalue weighted by Crippen LogP contribution is 2.28. The van der Waals surface area contributed by atoms with Gasteiger partial charge >= 0.3 is 5.97 Å². The summed E-state index contributed by atoms with van der Waals surface area (Å²) in [6, 6.07) is 7.29. The maximum Gasteiger partial charge on any atom is 0.308 e. The van der Waals surface area contributed by atoms with E-state index in [1.54, 1.807) is 25.1 Å². The fraction of sp³-hybridized carbons (Fsp3) is 0.263. The van der Waals surface area contributed by atoms with Crippen LogP contribution in [0.25, 0.3) is 22.4 Å². The number of rotatable bonds is 5. The fourth-order valence-electron chi connectivity index (χ4n) is 2.81. The number of hydrogen-bond donors (Lipinski definition) is 1. The highest BCUT2D eigenvalue weighted by Gasteiger charge is 2.24. The molecule has 0 spiro atoms. The quantitative estimate of drug-likeness (QED) is 0.740. The number of benzene rings is 1. The van der Waals surface area contributed by atoms with Crippen molar-refractivity contribution in [2.24, 2.45) is 5.92 Å². The molecule has 8 heteroatoms. The minimum absolute atomic E-state index is 0.0498. The molecule has 7 nitrogen and oxygen atoms in total. The molecule has 140 valence electrons. The van der Waals surface area contributed by atoms with E-state index in [-0.39, 0.29) is 24.0 Å². The van der Waals surface area contributed by atoms with Crippen LogP contribution in [0.2, 0.25) is 0 Å². The third-order valence-electron chi connectivity index (χ3n) is 4.30. The molecule has 1 N–H and O–H groups in total. The number of nitrogens with zero attached hydrogens (tertiary/aromatic N) is 3. The Hall–Kier alpha value is -3.29. The average Bonchev–Trinajstić information content (AvgIpc) is 3.02. The molecule has 0 saturated heterocycles. The van der Waals surface area contributed by atoms with Gasteiger partial charge in [-0.3, -0.25) is 9.59 Å². The van der Waals surface area contributed by atoms with Crippen LogP contribution in [0.5, 0.6) is 0 Å². The first-order valence-corrected chi connectivity index (χ1v) is 8.29. The van der Waals surface area contributed by atoms with Crippen molar-refractivity contribution in [3.05, 3.63) is 47.4 Å². The van der Waals surface area contributed by atoms with Gasteiger partial charge in [-0.1, -0.05) is 12.1 Å². The van der Waals surface area contributed by atoms with E-state index in [1.165, 1.54) is 31.0 Å². The van der Waals surface area contributed by atoms with E-state index in [9.17, 15) is 14.0 Å². The van der Waals surface area contributed by atoms with Crippen LogP contribution in [0.15, 0.2) is 34.9 Å². The van der Waals surface area contributed by atoms with Crippen LogP contribution in [0, 0.1) is 18.7 Å². The second kappa shape index (κ2) is 7.14. The van der Waals surface area contributed by atoms with Gasteiger partial charge < -0.3 is 14.5 Å². The van der Waals surface area contributed by atoms with Crippen LogP contribution in [0.4, 0.5) is 4.39 Å². The molecule has 0 radical (unpaired) electrons. The number of aryl methyl sites for hydroxylation is 1. The van der Waals surface area contributed by atoms with Crippen molar-refractivity contribution in [1.82, 2.24) is 15.0 Å². The highest BCUT2D eigenvalue weighted by atomic mass is 19.1. The molecule has 0 fully saturated rings. The van der Waals surface area contributed by atoms with Crippen LogP contribution in [-0.4, -0.2) is 45.6 Å². The lowest BCUT2D eigenvalue weighted by molar-refractivity contribution is -0.141. The number of pyridine rings is 1. The van der Waals surface area contributed by atoms with Crippen LogP contribution >= 0.6 is 0 Å². The van der Waals surface area contributed by atoms with Gasteiger partial charge in [0.15, 0.2) is 0 Å². The van der Waals surface area contributed by atoms with E-state index in [2.05, 4.69) is 10.1 Å². The predicted molar refractivity (Wildman–Crippen MR) is 95.7 cm³/mol. The lowest BCUT2D eigenvalue weighted by atomic mass is 10.0. The Bertz CT molecular complexity index is 1010. The van der Waals surface area contributed by atoms with Crippen molar-refractivity contribution in [3.63, 3.8) is 0 Å². The Balaban J connectivity index is 2.07. The van der Waals surface area contributed by atoms with Crippen LogP contribution in [-0.2, 0) is 4.79 Å². The zero-order valence-corrected chi connectivity index (χ0v) is 15.1. The summed E-state index contributed by atoms with van der Waals surface area (Å²) < 4.78 is 18.4. The van der Waals surface area contributed by atoms with Crippen molar-refractivity contribution >= 4 is 23.0 Å². The Morgan fingerprint density at radius 3 is 2.59 bits per heavy atom. The largest absolute Gasteiger partial charge is 0.481 e. The Labute approximate surface area is 154 Å². The highest BCUT2D eigenvalue weighted by molar-refractivity contribution is 6.07. The van der Waals surface area contributed by atoms with Gasteiger partial charge in [0.05, 0.1) is 28.3 Å². The zero-order chi connectivity index (χ0) is 19.7. The molecule has 2 aromatic heterocycles. The van der Waals surface area contributed by atoms with Crippen molar-refractivity contribution in [3.8, 4) is 11.3 Å². The SMILES string of the molecule is Cc1noc2nc(-c3ccc(F)cc3)cc(C(=O)N(C)CC(C)C(=O)O)c12. The molecule has 2 heterocycles. The Morgan fingerprint density at radius 1 is 1.30 bits per heavy atom. The van der Waals surface area contributed by atoms with Gasteiger partial charge in [0.25, 0.3) is 11.6 Å². The Morgan fingerprint density at radius 2 is 1.96 bits per heavy atom. The minimum atomic E-state index is -0.984. The second-order valence-corrected chi connectivity index (χ2v) is 6.44. The first-order valence-electron chi connectivity index (χ1n) is 8.29. The molecule has 1 aromatic carbocycles. The molecule has 3 rings (SSSR count). The summed E-state index contributed by atoms with van der Waals surface area (Å²) in [7, 11) is 1.54. The number of carboxylic acid groups (broad SMARTS) is 1. The molecule has 0 aliphatic heterocycles. The molecule has 0 aliphatic rings. The number of carboxylic acids is 1. The number of carbonyl (C=O) groups excluding carboxylic acids is 1. The first kappa shape index (κ1) is 18.5. The number of hydrogen-bond acceptors (Lipinski definition) is 5. The minimum Gasteiger partial charge on any atom is -0.481 e. The number of amides is 1. The fourth-order valence-corrected chi connectivity index (χ4v) is 2.81. The van der Waals surface area contributed by atoms with Crippen molar-refractivity contribution in [1.29, 1.82) is 0 Å². The standard InChI is InChI=1S/C19H18FN3O4/c1-10(19(25)26)9-23(3)18(24)14-8-15(12-4-6-13(20)7-5-12)21-17-16(14)11(2)22-27-17/h4-8,10H,9H2,1-3H3,(H,25,26). The van der Waals surface area contributed by atoms with E-state index >= 15 is 0 Å². The van der Waals surface area contributed by atoms with Gasteiger partial charge in [0.1, 0.15) is 5.82 Å². The van der Waals surface area contributed by atoms with Gasteiger partial charge in [0, 0.05) is 19.2 Å². The number of carbonyl (C=O) groups is 2. The van der Waals surface area contributed by atoms with Crippen molar-refractivity contribution in [2.75, 3.05) is 13.6 Å². The topological polar surface area (TPSA) is 96.5 Å². The summed E-state index contributed by atoms with van der Waals surface area (Å²) in [4.78, 5) is 29.8. The van der Waals surface area contributed by atoms with Crippen LogP contribution in [0.1, 0.15) is 23.0 Å². The van der Waals surface area contributed by atoms with E-state index in [0.717, 1.165) is 0 Å². The van der Waals surface area contributed by atoms with E-state index in [4.69, 9.17) is 9.63 Å². The molecular formula is C19H18FN3O4. The molecule has 0 aliphatic carbocycles. The van der Waals surface area contributed by atoms with Crippen molar-refractivity contribution < 1.29 is 23.6 Å². The number of aromatic nitrogens is 2. The summed E-state index contributed by atoms with van der Waals surface area (Å²) >= 11 is 0. The molecular weight excluding hydrogens is 353 g/mol. The third-order valence-corrected chi connectivity index (χ3v) is 4.30. The Kier molecular flexibility index (Phi) is 4.89. The van der Waals surface area contributed by atoms with E-state index in [1.807, 2.05) is 0 Å². The van der Waals surface area contributed by atoms with Crippen LogP contribution < -0.4 is 0 Å². The molecule has 1 atom stereocenters. The summed E-state index contributed by atoms with van der Waals surface area (Å²) in [5, 5.41) is 13.4. The summed E-state index contributed by atoms with van der Waals surface area (Å²) in [5.41, 5.74) is 2.05. The molecule has 1 amide bonds. The maximum atomic E-state index is 13.2. The van der Waals surface area contributed by atoms with E-state index < -0.39 is 11.9 Å². The average molecular weight is 371 g/mol. The maximum absolute atomic E-state index is 13.2. The molecule has 1 unspecified atom stereocenters. The second-order valence-electron chi connectivity index (χ2n) is 6.44. The summed E-state index contributed by atoms with van der Waals surface area (Å²) in [6.07, 6.45) is 0. The smallest absolute Gasteiger partial charge is 0.308 e. The number of halogens is 1. The van der Waals surface area contributed by atoms with Gasteiger partial charge in [-0.25, -0.2) is 9.37 Å². The summed E-state index contributed by atoms with van der Waals surface area (Å²) in [5.74, 6) is -2.45. The molecule has 0 bridgehead atoms. The van der Waals surface area contributed by atoms with Gasteiger partial charge in [-0.15, -0.1) is 0 Å². The van der Waals surface area contributed by atoms with Gasteiger partial charge in [0.2, 0.25) is 0 Å². The first-order chi connectivity index (χ1) is 12.8. The third kappa shape index (κ3) is 3.64. The van der Waals surface area contributed by atoms with Crippen LogP contribution in [0.3, 0.4) is 0 Å². The van der Waals surface area contributed by atoms with E-state index in [0.29, 0.717) is 27.9 Å². The number of fused-ring (bicyclic) bond motifs is 1. The molecule has 27 heavy (non-hydrogen) atoms. The number of aliphatic carboxylic acids is 1. The van der Waals surface area contributed by atoms with Gasteiger partial charge in [-0.2, -0.15) is 0 Å². The lowest BCUT2D eigenvalue weighted by Crippen LogP contribution is -2.33. The van der Waals surface area contributed by atoms with Crippen molar-refractivity contribution in [2.45, 2.75) is 13.8 Å². The van der Waals surface area contributed by atoms with Gasteiger partial charge in [-0.05, 0) is 37.3 Å². The predicted octanol–water partition coefficient (Wildman–Crippen LogP) is 3.13. The molecule has 0 saturated carbocycles. The molecule has 3 aromatic rings. The monoisotopic (exact) mass is 371 g/mol. The zero-order valence-electron chi connectivity index (χ0n) is 15.1. The lowest BCUT2D eigenvalue weighted by Gasteiger charge is -2.20. The summed E-state index contributed by atoms with van der Waals surface area (Å²) in [6.45, 7) is 3.28.